The molecule has 0 spiro atoms. The number of para-hydroxylation sites is 1. The maximum Gasteiger partial charge on any atom is 0.416 e. The number of carbonyl (C=O) groups is 1. The highest BCUT2D eigenvalue weighted by Crippen LogP contribution is 2.41. The average molecular weight is 418 g/mol. The molecule has 1 aliphatic rings. The van der Waals surface area contributed by atoms with Gasteiger partial charge in [0, 0.05) is 17.1 Å². The largest absolute Gasteiger partial charge is 0.416 e. The maximum atomic E-state index is 13.6. The zero-order chi connectivity index (χ0) is 21.6. The van der Waals surface area contributed by atoms with E-state index in [1.54, 1.807) is 11.1 Å². The molecule has 1 aliphatic heterocycles. The summed E-state index contributed by atoms with van der Waals surface area (Å²) in [5, 5.41) is 0.887. The molecule has 1 atom stereocenters. The Balaban J connectivity index is 1.72. The molecule has 2 heterocycles. The highest BCUT2D eigenvalue weighted by molar-refractivity contribution is 6.12. The number of pyridine rings is 1. The van der Waals surface area contributed by atoms with E-state index >= 15 is 0 Å². The molecule has 0 radical (unpaired) electrons. The molecule has 0 saturated carbocycles. The molecule has 1 unspecified atom stereocenters. The van der Waals surface area contributed by atoms with Gasteiger partial charge in [-0.2, -0.15) is 13.2 Å². The van der Waals surface area contributed by atoms with Crippen LogP contribution in [0.3, 0.4) is 0 Å². The molecule has 0 fully saturated rings. The molecule has 0 N–H and O–H groups in total. The first-order valence-electron chi connectivity index (χ1n) is 9.86. The fraction of sp³-hybridized carbons (Fsp3) is 0.120. The molecule has 3 nitrogen and oxygen atoms in total. The van der Waals surface area contributed by atoms with Gasteiger partial charge in [-0.05, 0) is 47.9 Å². The maximum absolute atomic E-state index is 13.6. The third-order valence-electron chi connectivity index (χ3n) is 5.66. The van der Waals surface area contributed by atoms with Gasteiger partial charge in [0.1, 0.15) is 0 Å². The molecule has 3 aromatic carbocycles. The lowest BCUT2D eigenvalue weighted by Crippen LogP contribution is -2.41. The van der Waals surface area contributed by atoms with Gasteiger partial charge >= 0.3 is 6.18 Å². The van der Waals surface area contributed by atoms with Crippen LogP contribution in [0.25, 0.3) is 10.9 Å². The number of fused-ring (bicyclic) bond motifs is 2. The first-order valence-corrected chi connectivity index (χ1v) is 9.86. The Kier molecular flexibility index (Phi) is 4.50. The van der Waals surface area contributed by atoms with Crippen molar-refractivity contribution in [3.05, 3.63) is 107 Å². The van der Waals surface area contributed by atoms with Gasteiger partial charge in [0.25, 0.3) is 5.91 Å². The molecule has 0 aliphatic carbocycles. The van der Waals surface area contributed by atoms with Crippen molar-refractivity contribution in [1.82, 2.24) is 4.98 Å². The number of halogens is 3. The summed E-state index contributed by atoms with van der Waals surface area (Å²) in [7, 11) is 0. The third kappa shape index (κ3) is 3.34. The van der Waals surface area contributed by atoms with Crippen LogP contribution in [0.4, 0.5) is 18.9 Å². The number of aromatic nitrogens is 1. The molecule has 4 aromatic rings. The predicted octanol–water partition coefficient (Wildman–Crippen LogP) is 6.20. The number of hydrogen-bond donors (Lipinski definition) is 0. The Morgan fingerprint density at radius 3 is 2.45 bits per heavy atom. The average Bonchev–Trinajstić information content (AvgIpc) is 2.78. The summed E-state index contributed by atoms with van der Waals surface area (Å²) in [6, 6.07) is 21.6. The molecule has 1 amide bonds. The minimum Gasteiger partial charge on any atom is -0.298 e. The summed E-state index contributed by atoms with van der Waals surface area (Å²) in [5.41, 5.74) is 2.11. The van der Waals surface area contributed by atoms with E-state index in [1.165, 1.54) is 6.07 Å². The molecule has 1 aromatic heterocycles. The fourth-order valence-electron chi connectivity index (χ4n) is 4.22. The summed E-state index contributed by atoms with van der Waals surface area (Å²) in [4.78, 5) is 19.8. The van der Waals surface area contributed by atoms with Crippen LogP contribution in [0.15, 0.2) is 85.1 Å². The van der Waals surface area contributed by atoms with E-state index in [1.807, 2.05) is 60.7 Å². The summed E-state index contributed by atoms with van der Waals surface area (Å²) in [6.07, 6.45) is -2.52. The molecule has 0 bridgehead atoms. The second-order valence-electron chi connectivity index (χ2n) is 7.53. The van der Waals surface area contributed by atoms with Gasteiger partial charge in [0.2, 0.25) is 0 Å². The fourth-order valence-corrected chi connectivity index (χ4v) is 4.22. The van der Waals surface area contributed by atoms with Crippen LogP contribution in [0.2, 0.25) is 0 Å². The normalized spacial score (nSPS) is 16.4. The first kappa shape index (κ1) is 19.3. The number of nitrogens with zero attached hydrogens (tertiary/aromatic N) is 2. The molecule has 31 heavy (non-hydrogen) atoms. The number of carbonyl (C=O) groups excluding carboxylic acids is 1. The van der Waals surface area contributed by atoms with E-state index in [2.05, 4.69) is 4.98 Å². The van der Waals surface area contributed by atoms with Gasteiger partial charge < -0.3 is 0 Å². The van der Waals surface area contributed by atoms with Crippen LogP contribution in [0.5, 0.6) is 0 Å². The number of anilines is 1. The highest BCUT2D eigenvalue weighted by atomic mass is 19.4. The number of alkyl halides is 3. The van der Waals surface area contributed by atoms with Crippen LogP contribution < -0.4 is 4.90 Å². The minimum atomic E-state index is -4.46. The molecule has 6 heteroatoms. The second kappa shape index (κ2) is 7.23. The van der Waals surface area contributed by atoms with Crippen molar-refractivity contribution in [3.8, 4) is 0 Å². The Labute approximate surface area is 176 Å². The van der Waals surface area contributed by atoms with Crippen molar-refractivity contribution < 1.29 is 18.0 Å². The van der Waals surface area contributed by atoms with Crippen molar-refractivity contribution in [2.24, 2.45) is 0 Å². The zero-order valence-corrected chi connectivity index (χ0v) is 16.3. The Morgan fingerprint density at radius 2 is 1.68 bits per heavy atom. The second-order valence-corrected chi connectivity index (χ2v) is 7.53. The van der Waals surface area contributed by atoms with E-state index in [-0.39, 0.29) is 17.9 Å². The van der Waals surface area contributed by atoms with Crippen molar-refractivity contribution in [2.45, 2.75) is 18.6 Å². The standard InChI is InChI=1S/C25H17F3N2O/c26-25(27,28)19-11-12-20-18(14-19)15-22(16-6-2-1-3-7-16)30(24(20)31)21-10-4-8-17-9-5-13-29-23(17)21/h1-14,22H,15H2. The SMILES string of the molecule is O=C1c2ccc(C(F)(F)F)cc2CC(c2ccccc2)N1c1cccc2cccnc12. The zero-order valence-electron chi connectivity index (χ0n) is 16.3. The topological polar surface area (TPSA) is 33.2 Å². The lowest BCUT2D eigenvalue weighted by atomic mass is 9.87. The summed E-state index contributed by atoms with van der Waals surface area (Å²) < 4.78 is 39.9. The van der Waals surface area contributed by atoms with Crippen LogP contribution in [-0.4, -0.2) is 10.9 Å². The van der Waals surface area contributed by atoms with Gasteiger partial charge in [-0.25, -0.2) is 0 Å². The number of rotatable bonds is 2. The Hall–Kier alpha value is -3.67. The van der Waals surface area contributed by atoms with Gasteiger partial charge in [-0.15, -0.1) is 0 Å². The predicted molar refractivity (Wildman–Crippen MR) is 113 cm³/mol. The highest BCUT2D eigenvalue weighted by Gasteiger charge is 2.38. The van der Waals surface area contributed by atoms with Crippen molar-refractivity contribution in [2.75, 3.05) is 4.90 Å². The first-order chi connectivity index (χ1) is 14.9. The van der Waals surface area contributed by atoms with E-state index in [4.69, 9.17) is 0 Å². The van der Waals surface area contributed by atoms with Crippen LogP contribution in [0, 0.1) is 0 Å². The van der Waals surface area contributed by atoms with Gasteiger partial charge in [0.15, 0.2) is 0 Å². The van der Waals surface area contributed by atoms with Gasteiger partial charge in [0.05, 0.1) is 22.8 Å². The lowest BCUT2D eigenvalue weighted by Gasteiger charge is -2.37. The quantitative estimate of drug-likeness (QED) is 0.388. The summed E-state index contributed by atoms with van der Waals surface area (Å²) >= 11 is 0. The lowest BCUT2D eigenvalue weighted by molar-refractivity contribution is -0.137. The van der Waals surface area contributed by atoms with Crippen molar-refractivity contribution in [1.29, 1.82) is 0 Å². The third-order valence-corrected chi connectivity index (χ3v) is 5.66. The summed E-state index contributed by atoms with van der Waals surface area (Å²) in [6.45, 7) is 0. The van der Waals surface area contributed by atoms with Crippen molar-refractivity contribution in [3.63, 3.8) is 0 Å². The number of benzene rings is 3. The van der Waals surface area contributed by atoms with Crippen molar-refractivity contribution >= 4 is 22.5 Å². The Bertz CT molecular complexity index is 1280. The molecular formula is C25H17F3N2O. The minimum absolute atomic E-state index is 0.276. The summed E-state index contributed by atoms with van der Waals surface area (Å²) in [5.74, 6) is -0.331. The van der Waals surface area contributed by atoms with Crippen LogP contribution >= 0.6 is 0 Å². The van der Waals surface area contributed by atoms with Crippen LogP contribution in [0.1, 0.15) is 33.1 Å². The molecule has 154 valence electrons. The Morgan fingerprint density at radius 1 is 0.903 bits per heavy atom. The number of amides is 1. The molecular weight excluding hydrogens is 401 g/mol. The van der Waals surface area contributed by atoms with E-state index in [9.17, 15) is 18.0 Å². The number of hydrogen-bond acceptors (Lipinski definition) is 2. The van der Waals surface area contributed by atoms with Crippen LogP contribution in [-0.2, 0) is 12.6 Å². The van der Waals surface area contributed by atoms with Gasteiger partial charge in [-0.3, -0.25) is 14.7 Å². The molecule has 0 saturated heterocycles. The van der Waals surface area contributed by atoms with Gasteiger partial charge in [-0.1, -0.05) is 48.5 Å². The van der Waals surface area contributed by atoms with E-state index < -0.39 is 17.8 Å². The van der Waals surface area contributed by atoms with E-state index in [0.717, 1.165) is 23.1 Å². The smallest absolute Gasteiger partial charge is 0.298 e. The van der Waals surface area contributed by atoms with E-state index in [0.29, 0.717) is 16.8 Å². The molecule has 5 rings (SSSR count). The monoisotopic (exact) mass is 418 g/mol.